The number of anilines is 1. The number of hydrogen-bond acceptors (Lipinski definition) is 7. The van der Waals surface area contributed by atoms with E-state index in [0.717, 1.165) is 37.9 Å². The quantitative estimate of drug-likeness (QED) is 0.0828. The Kier molecular flexibility index (Phi) is 12.0. The van der Waals surface area contributed by atoms with Crippen LogP contribution in [0.2, 0.25) is 0 Å². The Morgan fingerprint density at radius 3 is 2.20 bits per heavy atom. The van der Waals surface area contributed by atoms with Crippen molar-refractivity contribution in [1.29, 1.82) is 0 Å². The number of carbonyl (C=O) groups excluding carboxylic acids is 1. The van der Waals surface area contributed by atoms with E-state index in [1.165, 1.54) is 36.0 Å². The third kappa shape index (κ3) is 10.5. The van der Waals surface area contributed by atoms with Crippen LogP contribution in [0.3, 0.4) is 0 Å². The van der Waals surface area contributed by atoms with Crippen LogP contribution in [0.4, 0.5) is 32.0 Å². The Morgan fingerprint density at radius 2 is 1.65 bits per heavy atom. The highest BCUT2D eigenvalue weighted by Crippen LogP contribution is 2.40. The number of carbonyl (C=O) groups is 1. The Balaban J connectivity index is 0.000000322. The fourth-order valence-corrected chi connectivity index (χ4v) is 5.37. The first-order valence-electron chi connectivity index (χ1n) is 14.7. The number of nitrogens with zero attached hydrogens (tertiary/aromatic N) is 3. The van der Waals surface area contributed by atoms with Crippen LogP contribution < -0.4 is 21.9 Å². The number of esters is 1. The van der Waals surface area contributed by atoms with E-state index in [1.54, 1.807) is 7.05 Å². The molecule has 256 valence electrons. The highest BCUT2D eigenvalue weighted by molar-refractivity contribution is 5.78. The highest BCUT2D eigenvalue weighted by Gasteiger charge is 2.36. The molecule has 9 nitrogen and oxygen atoms in total. The van der Waals surface area contributed by atoms with Crippen molar-refractivity contribution in [1.82, 2.24) is 10.5 Å². The summed E-state index contributed by atoms with van der Waals surface area (Å²) in [5.41, 5.74) is 10.9. The number of aliphatic imine (C=N–C) groups is 1. The van der Waals surface area contributed by atoms with Gasteiger partial charge in [-0.05, 0) is 78.6 Å². The molecule has 2 aromatic carbocycles. The van der Waals surface area contributed by atoms with E-state index in [2.05, 4.69) is 36.3 Å². The fourth-order valence-electron chi connectivity index (χ4n) is 5.37. The van der Waals surface area contributed by atoms with Gasteiger partial charge in [0.1, 0.15) is 0 Å². The third-order valence-electron chi connectivity index (χ3n) is 7.70. The fraction of sp³-hybridized carbons (Fsp3) is 0.548. The molecule has 2 aliphatic heterocycles. The molecular formula is C31H42F6N6O3. The van der Waals surface area contributed by atoms with Crippen LogP contribution >= 0.6 is 0 Å². The van der Waals surface area contributed by atoms with E-state index in [1.807, 2.05) is 0 Å². The summed E-state index contributed by atoms with van der Waals surface area (Å²) in [6.07, 6.45) is -6.34. The summed E-state index contributed by atoms with van der Waals surface area (Å²) in [4.78, 5) is 18.9. The minimum atomic E-state index is -4.76. The lowest BCUT2D eigenvalue weighted by Gasteiger charge is -2.31. The molecule has 0 saturated carbocycles. The maximum atomic E-state index is 12.2. The Bertz CT molecular complexity index is 1360. The number of nitrogens with two attached hydrogens (primary N) is 2. The zero-order chi connectivity index (χ0) is 34.4. The first-order valence-corrected chi connectivity index (χ1v) is 14.7. The average Bonchev–Trinajstić information content (AvgIpc) is 3.33. The second-order valence-electron chi connectivity index (χ2n) is 12.3. The second-order valence-corrected chi connectivity index (χ2v) is 12.3. The predicted octanol–water partition coefficient (Wildman–Crippen LogP) is 5.99. The van der Waals surface area contributed by atoms with E-state index >= 15 is 0 Å². The predicted molar refractivity (Wildman–Crippen MR) is 162 cm³/mol. The maximum Gasteiger partial charge on any atom is 0.416 e. The molecule has 0 bridgehead atoms. The Labute approximate surface area is 264 Å². The molecule has 0 radical (unpaired) electrons. The summed E-state index contributed by atoms with van der Waals surface area (Å²) in [6, 6.07) is 5.87. The number of ether oxygens (including phenoxy) is 2. The molecule has 1 unspecified atom stereocenters. The lowest BCUT2D eigenvalue weighted by atomic mass is 9.85. The minimum Gasteiger partial charge on any atom is -0.469 e. The Hall–Kier alpha value is -3.56. The van der Waals surface area contributed by atoms with E-state index < -0.39 is 23.5 Å². The minimum absolute atomic E-state index is 0.0542. The van der Waals surface area contributed by atoms with Crippen LogP contribution in [-0.4, -0.2) is 44.3 Å². The van der Waals surface area contributed by atoms with Crippen LogP contribution in [0.5, 0.6) is 0 Å². The van der Waals surface area contributed by atoms with Crippen molar-refractivity contribution < 1.29 is 40.6 Å². The maximum absolute atomic E-state index is 12.2. The zero-order valence-electron chi connectivity index (χ0n) is 26.6. The number of fused-ring (bicyclic) bond motifs is 2. The number of halogens is 6. The van der Waals surface area contributed by atoms with E-state index in [9.17, 15) is 31.1 Å². The third-order valence-corrected chi connectivity index (χ3v) is 7.70. The largest absolute Gasteiger partial charge is 0.469 e. The van der Waals surface area contributed by atoms with Gasteiger partial charge in [-0.2, -0.15) is 31.5 Å². The summed E-state index contributed by atoms with van der Waals surface area (Å²) >= 11 is 0. The van der Waals surface area contributed by atoms with Gasteiger partial charge in [0, 0.05) is 31.4 Å². The van der Waals surface area contributed by atoms with Gasteiger partial charge in [0.2, 0.25) is 5.96 Å². The van der Waals surface area contributed by atoms with Gasteiger partial charge in [-0.25, -0.2) is 4.99 Å². The molecule has 0 saturated heterocycles. The van der Waals surface area contributed by atoms with Gasteiger partial charge >= 0.3 is 18.3 Å². The average molecular weight is 661 g/mol. The molecule has 0 fully saturated rings. The molecule has 2 heterocycles. The number of methoxy groups -OCH3 is 1. The lowest BCUT2D eigenvalue weighted by molar-refractivity contribution is -0.144. The first kappa shape index (κ1) is 36.9. The number of hydrazine groups is 2. The molecule has 0 amide bonds. The number of aryl methyl sites for hydroxylation is 1. The molecule has 4 rings (SSSR count). The van der Waals surface area contributed by atoms with E-state index in [0.29, 0.717) is 37.7 Å². The molecule has 0 spiro atoms. The molecule has 0 aromatic heterocycles. The van der Waals surface area contributed by atoms with Crippen LogP contribution in [0.1, 0.15) is 79.0 Å². The first-order chi connectivity index (χ1) is 21.3. The van der Waals surface area contributed by atoms with Crippen molar-refractivity contribution in [2.75, 3.05) is 32.1 Å². The van der Waals surface area contributed by atoms with Gasteiger partial charge in [-0.15, -0.1) is 0 Å². The summed E-state index contributed by atoms with van der Waals surface area (Å²) < 4.78 is 83.6. The van der Waals surface area contributed by atoms with Crippen molar-refractivity contribution >= 4 is 17.6 Å². The normalized spacial score (nSPS) is 17.1. The van der Waals surface area contributed by atoms with Gasteiger partial charge in [-0.3, -0.25) is 16.1 Å². The molecule has 46 heavy (non-hydrogen) atoms. The summed E-state index contributed by atoms with van der Waals surface area (Å²) in [5, 5.41) is 1.29. The van der Waals surface area contributed by atoms with Crippen LogP contribution in [0.15, 0.2) is 35.3 Å². The standard InChI is InChI=1S/C22H36N6O3.C9H6F6/c1-22(2,12-20(29)30-4)7-9-28-8-5-6-18(25-21(23)26-27(3)24)17-10-15-13-31-14-16(15)11-19(17)28;1-5-2-6(8(10,11)12)4-7(3-5)9(13,14)15/h10-11,18H,5-9,12-14,24H2,1-4H3,(H3,23,25,26);2-4H,1H3. The summed E-state index contributed by atoms with van der Waals surface area (Å²) in [6.45, 7) is 8.46. The van der Waals surface area contributed by atoms with Crippen molar-refractivity contribution in [3.63, 3.8) is 0 Å². The highest BCUT2D eigenvalue weighted by atomic mass is 19.4. The Morgan fingerprint density at radius 1 is 1.07 bits per heavy atom. The van der Waals surface area contributed by atoms with Crippen molar-refractivity contribution in [3.8, 4) is 0 Å². The molecule has 2 aliphatic rings. The second kappa shape index (κ2) is 14.9. The number of benzene rings is 2. The van der Waals surface area contributed by atoms with Gasteiger partial charge in [0.05, 0.1) is 43.9 Å². The topological polar surface area (TPSA) is 118 Å². The molecule has 0 aliphatic carbocycles. The molecule has 2 aromatic rings. The van der Waals surface area contributed by atoms with Gasteiger partial charge in [-0.1, -0.05) is 13.8 Å². The molecule has 15 heteroatoms. The zero-order valence-corrected chi connectivity index (χ0v) is 26.6. The van der Waals surface area contributed by atoms with Gasteiger partial charge < -0.3 is 20.1 Å². The van der Waals surface area contributed by atoms with Crippen molar-refractivity contribution in [2.24, 2.45) is 22.0 Å². The van der Waals surface area contributed by atoms with Gasteiger partial charge in [0.25, 0.3) is 0 Å². The summed E-state index contributed by atoms with van der Waals surface area (Å²) in [7, 11) is 3.11. The number of rotatable bonds is 7. The summed E-state index contributed by atoms with van der Waals surface area (Å²) in [5.74, 6) is 5.78. The molecular weight excluding hydrogens is 618 g/mol. The smallest absolute Gasteiger partial charge is 0.416 e. The lowest BCUT2D eigenvalue weighted by Crippen LogP contribution is -2.47. The SMILES string of the molecule is COC(=O)CC(C)(C)CCN1CCCC(N=C(N)NN(C)N)c2cc3c(cc21)COC3.Cc1cc(C(F)(F)F)cc(C(F)(F)F)c1. The van der Waals surface area contributed by atoms with E-state index in [4.69, 9.17) is 26.0 Å². The number of nitrogens with one attached hydrogen (secondary N) is 1. The molecule has 1 atom stereocenters. The van der Waals surface area contributed by atoms with Crippen molar-refractivity contribution in [2.45, 2.75) is 78.1 Å². The van der Waals surface area contributed by atoms with Crippen molar-refractivity contribution in [3.05, 3.63) is 63.7 Å². The molecule has 5 N–H and O–H groups in total. The number of guanidine groups is 1. The van der Waals surface area contributed by atoms with Gasteiger partial charge in [0.15, 0.2) is 0 Å². The van der Waals surface area contributed by atoms with Crippen LogP contribution in [0, 0.1) is 12.3 Å². The van der Waals surface area contributed by atoms with E-state index in [-0.39, 0.29) is 29.1 Å². The number of alkyl halides is 6. The van der Waals surface area contributed by atoms with Crippen LogP contribution in [-0.2, 0) is 39.8 Å². The number of hydrogen-bond donors (Lipinski definition) is 3. The van der Waals surface area contributed by atoms with Crippen LogP contribution in [0.25, 0.3) is 0 Å². The monoisotopic (exact) mass is 660 g/mol.